The van der Waals surface area contributed by atoms with Gasteiger partial charge in [-0.15, -0.1) is 0 Å². The van der Waals surface area contributed by atoms with Gasteiger partial charge in [0.05, 0.1) is 0 Å². The van der Waals surface area contributed by atoms with Crippen LogP contribution in [-0.2, 0) is 0 Å². The Morgan fingerprint density at radius 3 is 2.61 bits per heavy atom. The number of hydrogen-bond donors (Lipinski definition) is 0. The van der Waals surface area contributed by atoms with Gasteiger partial charge in [0.1, 0.15) is 17.0 Å². The van der Waals surface area contributed by atoms with Gasteiger partial charge in [-0.25, -0.2) is 4.98 Å². The summed E-state index contributed by atoms with van der Waals surface area (Å²) in [4.78, 5) is 15.9. The maximum atomic E-state index is 11.3. The lowest BCUT2D eigenvalue weighted by atomic mass is 10.1. The second kappa shape index (κ2) is 4.11. The molecule has 0 amide bonds. The molecule has 0 fully saturated rings. The van der Waals surface area contributed by atoms with E-state index in [1.54, 1.807) is 0 Å². The van der Waals surface area contributed by atoms with Gasteiger partial charge in [0, 0.05) is 11.8 Å². The third-order valence-corrected chi connectivity index (χ3v) is 2.96. The molecular formula is C15H12N2O. The number of benzene rings is 1. The van der Waals surface area contributed by atoms with E-state index in [4.69, 9.17) is 0 Å². The molecule has 3 rings (SSSR count). The van der Waals surface area contributed by atoms with Crippen LogP contribution in [0.2, 0.25) is 0 Å². The number of aryl methyl sites for hydroxylation is 1. The van der Waals surface area contributed by atoms with Gasteiger partial charge in [0.2, 0.25) is 0 Å². The molecular weight excluding hydrogens is 224 g/mol. The summed E-state index contributed by atoms with van der Waals surface area (Å²) >= 11 is 0. The normalized spacial score (nSPS) is 10.7. The van der Waals surface area contributed by atoms with Crippen LogP contribution >= 0.6 is 0 Å². The summed E-state index contributed by atoms with van der Waals surface area (Å²) < 4.78 is 1.84. The minimum Gasteiger partial charge on any atom is -0.296 e. The van der Waals surface area contributed by atoms with E-state index in [2.05, 4.69) is 4.98 Å². The highest BCUT2D eigenvalue weighted by molar-refractivity contribution is 5.86. The average molecular weight is 236 g/mol. The Morgan fingerprint density at radius 1 is 1.11 bits per heavy atom. The Kier molecular flexibility index (Phi) is 2.45. The summed E-state index contributed by atoms with van der Waals surface area (Å²) in [5.41, 5.74) is 4.18. The number of fused-ring (bicyclic) bond motifs is 1. The lowest BCUT2D eigenvalue weighted by Gasteiger charge is -1.98. The summed E-state index contributed by atoms with van der Waals surface area (Å²) in [5, 5.41) is 0. The zero-order valence-corrected chi connectivity index (χ0v) is 10.00. The fourth-order valence-corrected chi connectivity index (χ4v) is 2.09. The monoisotopic (exact) mass is 236 g/mol. The number of hydrogen-bond acceptors (Lipinski definition) is 2. The summed E-state index contributed by atoms with van der Waals surface area (Å²) in [5.74, 6) is 0. The van der Waals surface area contributed by atoms with E-state index in [-0.39, 0.29) is 0 Å². The molecule has 0 saturated carbocycles. The van der Waals surface area contributed by atoms with Crippen molar-refractivity contribution in [3.8, 4) is 11.3 Å². The molecule has 0 spiro atoms. The molecule has 0 N–H and O–H groups in total. The van der Waals surface area contributed by atoms with Crippen LogP contribution in [0.15, 0.2) is 48.7 Å². The van der Waals surface area contributed by atoms with E-state index < -0.39 is 0 Å². The van der Waals surface area contributed by atoms with Gasteiger partial charge >= 0.3 is 0 Å². The number of aldehydes is 1. The van der Waals surface area contributed by atoms with Crippen LogP contribution in [0, 0.1) is 6.92 Å². The molecule has 0 radical (unpaired) electrons. The standard InChI is InChI=1S/C15H12N2O/c1-11-7-8-14-16-15(12-5-3-2-4-6-12)13(10-18)17(14)9-11/h2-10H,1H3. The summed E-state index contributed by atoms with van der Waals surface area (Å²) in [6.07, 6.45) is 2.79. The number of imidazole rings is 1. The first-order valence-electron chi connectivity index (χ1n) is 5.79. The number of carbonyl (C=O) groups excluding carboxylic acids is 1. The maximum absolute atomic E-state index is 11.3. The van der Waals surface area contributed by atoms with E-state index in [1.807, 2.05) is 60.0 Å². The van der Waals surface area contributed by atoms with Crippen LogP contribution in [-0.4, -0.2) is 15.7 Å². The summed E-state index contributed by atoms with van der Waals surface area (Å²) in [7, 11) is 0. The molecule has 0 aliphatic heterocycles. The number of pyridine rings is 1. The second-order valence-electron chi connectivity index (χ2n) is 4.26. The van der Waals surface area contributed by atoms with Gasteiger partial charge in [-0.05, 0) is 18.6 Å². The van der Waals surface area contributed by atoms with Crippen molar-refractivity contribution in [1.82, 2.24) is 9.38 Å². The first kappa shape index (κ1) is 10.7. The average Bonchev–Trinajstić information content (AvgIpc) is 2.77. The van der Waals surface area contributed by atoms with Crippen LogP contribution in [0.25, 0.3) is 16.9 Å². The quantitative estimate of drug-likeness (QED) is 0.641. The van der Waals surface area contributed by atoms with E-state index in [1.165, 1.54) is 0 Å². The van der Waals surface area contributed by atoms with E-state index in [0.29, 0.717) is 5.69 Å². The van der Waals surface area contributed by atoms with Gasteiger partial charge in [-0.1, -0.05) is 36.4 Å². The fraction of sp³-hybridized carbons (Fsp3) is 0.0667. The number of aromatic nitrogens is 2. The Balaban J connectivity index is 2.33. The van der Waals surface area contributed by atoms with Crippen LogP contribution in [0.1, 0.15) is 16.1 Å². The molecule has 1 aromatic carbocycles. The number of rotatable bonds is 2. The third kappa shape index (κ3) is 1.61. The van der Waals surface area contributed by atoms with Crippen LogP contribution in [0.4, 0.5) is 0 Å². The molecule has 3 nitrogen and oxygen atoms in total. The third-order valence-electron chi connectivity index (χ3n) is 2.96. The molecule has 88 valence electrons. The van der Waals surface area contributed by atoms with Crippen molar-refractivity contribution in [2.24, 2.45) is 0 Å². The molecule has 3 aromatic rings. The molecule has 0 bridgehead atoms. The smallest absolute Gasteiger partial charge is 0.169 e. The topological polar surface area (TPSA) is 34.4 Å². The molecule has 0 aliphatic carbocycles. The van der Waals surface area contributed by atoms with Crippen LogP contribution < -0.4 is 0 Å². The predicted molar refractivity (Wildman–Crippen MR) is 70.8 cm³/mol. The van der Waals surface area contributed by atoms with Crippen molar-refractivity contribution in [1.29, 1.82) is 0 Å². The van der Waals surface area contributed by atoms with E-state index in [9.17, 15) is 4.79 Å². The van der Waals surface area contributed by atoms with Crippen molar-refractivity contribution >= 4 is 11.9 Å². The minimum atomic E-state index is 0.597. The van der Waals surface area contributed by atoms with Crippen LogP contribution in [0.3, 0.4) is 0 Å². The van der Waals surface area contributed by atoms with E-state index in [0.717, 1.165) is 28.8 Å². The zero-order chi connectivity index (χ0) is 12.5. The summed E-state index contributed by atoms with van der Waals surface area (Å²) in [6, 6.07) is 13.7. The maximum Gasteiger partial charge on any atom is 0.169 e. The molecule has 0 aliphatic rings. The zero-order valence-electron chi connectivity index (χ0n) is 10.00. The van der Waals surface area contributed by atoms with Gasteiger partial charge < -0.3 is 0 Å². The highest BCUT2D eigenvalue weighted by Gasteiger charge is 2.12. The van der Waals surface area contributed by atoms with Gasteiger partial charge in [-0.2, -0.15) is 0 Å². The SMILES string of the molecule is Cc1ccc2nc(-c3ccccc3)c(C=O)n2c1. The number of carbonyl (C=O) groups is 1. The van der Waals surface area contributed by atoms with E-state index >= 15 is 0 Å². The van der Waals surface area contributed by atoms with Crippen LogP contribution in [0.5, 0.6) is 0 Å². The molecule has 2 aromatic heterocycles. The Morgan fingerprint density at radius 2 is 1.89 bits per heavy atom. The summed E-state index contributed by atoms with van der Waals surface area (Å²) in [6.45, 7) is 2.00. The highest BCUT2D eigenvalue weighted by atomic mass is 16.1. The predicted octanol–water partition coefficient (Wildman–Crippen LogP) is 3.12. The Hall–Kier alpha value is -2.42. The van der Waals surface area contributed by atoms with Crippen molar-refractivity contribution < 1.29 is 4.79 Å². The molecule has 18 heavy (non-hydrogen) atoms. The highest BCUT2D eigenvalue weighted by Crippen LogP contribution is 2.23. The minimum absolute atomic E-state index is 0.597. The molecule has 2 heterocycles. The van der Waals surface area contributed by atoms with Gasteiger partial charge in [0.25, 0.3) is 0 Å². The molecule has 0 atom stereocenters. The first-order valence-corrected chi connectivity index (χ1v) is 5.79. The van der Waals surface area contributed by atoms with Gasteiger partial charge in [0.15, 0.2) is 6.29 Å². The van der Waals surface area contributed by atoms with Crippen molar-refractivity contribution in [3.63, 3.8) is 0 Å². The van der Waals surface area contributed by atoms with Crippen molar-refractivity contribution in [2.75, 3.05) is 0 Å². The number of nitrogens with zero attached hydrogens (tertiary/aromatic N) is 2. The lowest BCUT2D eigenvalue weighted by molar-refractivity contribution is 0.111. The van der Waals surface area contributed by atoms with Crippen molar-refractivity contribution in [2.45, 2.75) is 6.92 Å². The lowest BCUT2D eigenvalue weighted by Crippen LogP contribution is -1.92. The molecule has 0 saturated heterocycles. The van der Waals surface area contributed by atoms with Crippen molar-refractivity contribution in [3.05, 3.63) is 59.9 Å². The first-order chi connectivity index (χ1) is 8.79. The molecule has 0 unspecified atom stereocenters. The molecule has 3 heteroatoms. The fourth-order valence-electron chi connectivity index (χ4n) is 2.09. The largest absolute Gasteiger partial charge is 0.296 e. The Labute approximate surface area is 105 Å². The second-order valence-corrected chi connectivity index (χ2v) is 4.26. The Bertz CT molecular complexity index is 714. The van der Waals surface area contributed by atoms with Gasteiger partial charge in [-0.3, -0.25) is 9.20 Å².